The molecule has 3 aromatic heterocycles. The number of aromatic nitrogens is 8. The summed E-state index contributed by atoms with van der Waals surface area (Å²) >= 11 is 0. The highest BCUT2D eigenvalue weighted by Gasteiger charge is 2.44. The molecule has 1 saturated carbocycles. The van der Waals surface area contributed by atoms with E-state index in [0.717, 1.165) is 12.8 Å². The highest BCUT2D eigenvalue weighted by atomic mass is 16.6. The predicted octanol–water partition coefficient (Wildman–Crippen LogP) is -1.81. The molecular formula is C14H17N9O4. The molecule has 1 aliphatic heterocycles. The number of ether oxygens (including phenoxy) is 1. The van der Waals surface area contributed by atoms with E-state index in [4.69, 9.17) is 4.74 Å². The van der Waals surface area contributed by atoms with Crippen molar-refractivity contribution in [1.29, 1.82) is 0 Å². The second-order valence-electron chi connectivity index (χ2n) is 6.60. The number of aliphatic hydroxyl groups excluding tert-OH is 3. The number of tetrazole rings is 1. The second kappa shape index (κ2) is 6.16. The highest BCUT2D eigenvalue weighted by Crippen LogP contribution is 2.34. The van der Waals surface area contributed by atoms with Gasteiger partial charge in [-0.05, 0) is 18.1 Å². The Bertz CT molecular complexity index is 957. The number of aliphatic hydroxyl groups is 3. The van der Waals surface area contributed by atoms with E-state index in [9.17, 15) is 15.3 Å². The number of anilines is 1. The highest BCUT2D eigenvalue weighted by molar-refractivity contribution is 5.85. The molecule has 0 aromatic carbocycles. The van der Waals surface area contributed by atoms with Gasteiger partial charge in [0.1, 0.15) is 18.3 Å². The molecular weight excluding hydrogens is 358 g/mol. The van der Waals surface area contributed by atoms with E-state index in [1.165, 1.54) is 10.9 Å². The Morgan fingerprint density at radius 3 is 2.74 bits per heavy atom. The van der Waals surface area contributed by atoms with E-state index in [2.05, 4.69) is 40.9 Å². The molecule has 0 radical (unpaired) electrons. The van der Waals surface area contributed by atoms with Crippen LogP contribution < -0.4 is 5.32 Å². The van der Waals surface area contributed by atoms with Gasteiger partial charge in [-0.2, -0.15) is 5.21 Å². The maximum atomic E-state index is 10.3. The van der Waals surface area contributed by atoms with E-state index < -0.39 is 31.1 Å². The van der Waals surface area contributed by atoms with Gasteiger partial charge in [-0.25, -0.2) is 15.0 Å². The first kappa shape index (κ1) is 16.4. The van der Waals surface area contributed by atoms with Gasteiger partial charge in [0.05, 0.1) is 12.9 Å². The molecule has 27 heavy (non-hydrogen) atoms. The fourth-order valence-electron chi connectivity index (χ4n) is 3.09. The van der Waals surface area contributed by atoms with Gasteiger partial charge >= 0.3 is 0 Å². The first-order valence-corrected chi connectivity index (χ1v) is 8.53. The fourth-order valence-corrected chi connectivity index (χ4v) is 3.09. The van der Waals surface area contributed by atoms with Gasteiger partial charge in [0, 0.05) is 6.04 Å². The van der Waals surface area contributed by atoms with Crippen molar-refractivity contribution in [3.8, 4) is 11.6 Å². The zero-order valence-electron chi connectivity index (χ0n) is 14.0. The third-order valence-electron chi connectivity index (χ3n) is 4.68. The van der Waals surface area contributed by atoms with Gasteiger partial charge < -0.3 is 25.4 Å². The van der Waals surface area contributed by atoms with Gasteiger partial charge in [0.15, 0.2) is 23.2 Å². The lowest BCUT2D eigenvalue weighted by Gasteiger charge is -2.16. The minimum absolute atomic E-state index is 0.213. The predicted molar refractivity (Wildman–Crippen MR) is 88.1 cm³/mol. The van der Waals surface area contributed by atoms with Crippen molar-refractivity contribution in [3.63, 3.8) is 0 Å². The molecule has 13 nitrogen and oxygen atoms in total. The average molecular weight is 375 g/mol. The Labute approximate surface area is 151 Å². The van der Waals surface area contributed by atoms with Crippen LogP contribution in [-0.2, 0) is 4.74 Å². The summed E-state index contributed by atoms with van der Waals surface area (Å²) < 4.78 is 7.10. The second-order valence-corrected chi connectivity index (χ2v) is 6.60. The Hall–Kier alpha value is -2.74. The maximum absolute atomic E-state index is 10.3. The minimum Gasteiger partial charge on any atom is -0.394 e. The lowest BCUT2D eigenvalue weighted by Crippen LogP contribution is -2.33. The van der Waals surface area contributed by atoms with E-state index in [1.807, 2.05) is 0 Å². The Morgan fingerprint density at radius 1 is 1.22 bits per heavy atom. The van der Waals surface area contributed by atoms with Crippen LogP contribution in [0.4, 0.5) is 5.82 Å². The molecule has 2 fully saturated rings. The third kappa shape index (κ3) is 2.71. The molecule has 4 atom stereocenters. The first-order chi connectivity index (χ1) is 13.2. The van der Waals surface area contributed by atoms with Crippen molar-refractivity contribution in [2.75, 3.05) is 11.9 Å². The Kier molecular flexibility index (Phi) is 3.75. The largest absolute Gasteiger partial charge is 0.394 e. The van der Waals surface area contributed by atoms with Crippen LogP contribution in [0.15, 0.2) is 6.33 Å². The Morgan fingerprint density at radius 2 is 2.07 bits per heavy atom. The quantitative estimate of drug-likeness (QED) is 0.339. The lowest BCUT2D eigenvalue weighted by atomic mass is 10.1. The summed E-state index contributed by atoms with van der Waals surface area (Å²) in [6.45, 7) is -0.418. The van der Waals surface area contributed by atoms with Crippen LogP contribution in [0.25, 0.3) is 22.8 Å². The summed E-state index contributed by atoms with van der Waals surface area (Å²) in [5.74, 6) is 0.963. The molecule has 1 saturated heterocycles. The number of imidazole rings is 1. The zero-order valence-corrected chi connectivity index (χ0v) is 14.0. The van der Waals surface area contributed by atoms with Crippen LogP contribution in [0.2, 0.25) is 0 Å². The Balaban J connectivity index is 1.62. The number of nitrogens with one attached hydrogen (secondary N) is 2. The number of hydrogen-bond donors (Lipinski definition) is 5. The van der Waals surface area contributed by atoms with Gasteiger partial charge in [-0.3, -0.25) is 4.57 Å². The average Bonchev–Trinajstić information content (AvgIpc) is 3.08. The van der Waals surface area contributed by atoms with Gasteiger partial charge in [-0.1, -0.05) is 0 Å². The molecule has 13 heteroatoms. The molecule has 0 spiro atoms. The maximum Gasteiger partial charge on any atom is 0.241 e. The topological polar surface area (TPSA) is 180 Å². The lowest BCUT2D eigenvalue weighted by molar-refractivity contribution is -0.0511. The number of rotatable bonds is 5. The van der Waals surface area contributed by atoms with Crippen molar-refractivity contribution in [2.24, 2.45) is 0 Å². The molecule has 0 unspecified atom stereocenters. The van der Waals surface area contributed by atoms with Crippen LogP contribution >= 0.6 is 0 Å². The van der Waals surface area contributed by atoms with Crippen LogP contribution in [0.3, 0.4) is 0 Å². The summed E-state index contributed by atoms with van der Waals surface area (Å²) in [5.41, 5.74) is 0.870. The van der Waals surface area contributed by atoms with Gasteiger partial charge in [0.2, 0.25) is 11.6 Å². The molecule has 4 heterocycles. The SMILES string of the molecule is OC[C@H]1O[C@@H](n2cnc3c(NC4CC4)nc(-c4nn[nH]n4)nc32)[C@@H](O)[C@H]1O. The number of hydrogen-bond acceptors (Lipinski definition) is 11. The number of aromatic amines is 1. The molecule has 0 bridgehead atoms. The van der Waals surface area contributed by atoms with E-state index >= 15 is 0 Å². The van der Waals surface area contributed by atoms with Crippen LogP contribution in [-0.4, -0.2) is 86.4 Å². The summed E-state index contributed by atoms with van der Waals surface area (Å²) in [6, 6.07) is 0.320. The summed E-state index contributed by atoms with van der Waals surface area (Å²) in [4.78, 5) is 13.3. The van der Waals surface area contributed by atoms with Crippen molar-refractivity contribution in [2.45, 2.75) is 43.4 Å². The van der Waals surface area contributed by atoms with Crippen LogP contribution in [0.5, 0.6) is 0 Å². The number of nitrogens with zero attached hydrogens (tertiary/aromatic N) is 7. The normalized spacial score (nSPS) is 28.1. The fraction of sp³-hybridized carbons (Fsp3) is 0.571. The minimum atomic E-state index is -1.25. The van der Waals surface area contributed by atoms with Crippen LogP contribution in [0.1, 0.15) is 19.1 Å². The molecule has 5 rings (SSSR count). The first-order valence-electron chi connectivity index (χ1n) is 8.53. The molecule has 3 aromatic rings. The van der Waals surface area contributed by atoms with Crippen molar-refractivity contribution in [1.82, 2.24) is 40.1 Å². The van der Waals surface area contributed by atoms with Crippen molar-refractivity contribution < 1.29 is 20.1 Å². The van der Waals surface area contributed by atoms with Gasteiger partial charge in [-0.15, -0.1) is 10.2 Å². The van der Waals surface area contributed by atoms with Crippen molar-refractivity contribution >= 4 is 17.0 Å². The molecule has 5 N–H and O–H groups in total. The van der Waals surface area contributed by atoms with E-state index in [0.29, 0.717) is 23.0 Å². The summed E-state index contributed by atoms with van der Waals surface area (Å²) in [5, 5.41) is 46.7. The molecule has 142 valence electrons. The van der Waals surface area contributed by atoms with Crippen molar-refractivity contribution in [3.05, 3.63) is 6.33 Å². The van der Waals surface area contributed by atoms with Gasteiger partial charge in [0.25, 0.3) is 0 Å². The van der Waals surface area contributed by atoms with Crippen LogP contribution in [0, 0.1) is 0 Å². The standard InChI is InChI=1S/C14H17N9O4/c24-3-6-8(25)9(26)14(27-6)23-4-15-7-10(16-5-1-2-5)17-11(18-13(7)23)12-19-21-22-20-12/h4-6,8-9,14,24-26H,1-3H2,(H,16,17,18)(H,19,20,21,22)/t6-,8+,9+,14-/m1/s1. The smallest absolute Gasteiger partial charge is 0.241 e. The number of fused-ring (bicyclic) bond motifs is 1. The summed E-state index contributed by atoms with van der Waals surface area (Å²) in [7, 11) is 0. The third-order valence-corrected chi connectivity index (χ3v) is 4.68. The van der Waals surface area contributed by atoms with E-state index in [1.54, 1.807) is 0 Å². The molecule has 0 amide bonds. The molecule has 2 aliphatic rings. The van der Waals surface area contributed by atoms with E-state index in [-0.39, 0.29) is 11.6 Å². The monoisotopic (exact) mass is 375 g/mol. The zero-order chi connectivity index (χ0) is 18.5. The number of H-pyrrole nitrogens is 1. The summed E-state index contributed by atoms with van der Waals surface area (Å²) in [6.07, 6.45) is -0.786. The molecule has 1 aliphatic carbocycles.